The predicted octanol–water partition coefficient (Wildman–Crippen LogP) is 6.41. The summed E-state index contributed by atoms with van der Waals surface area (Å²) >= 11 is 0. The van der Waals surface area contributed by atoms with Gasteiger partial charge in [-0.1, -0.05) is 63.6 Å². The van der Waals surface area contributed by atoms with E-state index < -0.39 is 0 Å². The highest BCUT2D eigenvalue weighted by molar-refractivity contribution is 6.06. The van der Waals surface area contributed by atoms with Gasteiger partial charge in [0.05, 0.1) is 16.9 Å². The lowest BCUT2D eigenvalue weighted by Crippen LogP contribution is -2.38. The van der Waals surface area contributed by atoms with E-state index in [-0.39, 0.29) is 17.2 Å². The van der Waals surface area contributed by atoms with E-state index in [0.717, 1.165) is 54.6 Å². The molecule has 2 aromatic heterocycles. The number of rotatable bonds is 6. The van der Waals surface area contributed by atoms with Gasteiger partial charge < -0.3 is 14.8 Å². The van der Waals surface area contributed by atoms with Crippen LogP contribution < -0.4 is 5.32 Å². The summed E-state index contributed by atoms with van der Waals surface area (Å²) < 4.78 is 3.84. The lowest BCUT2D eigenvalue weighted by atomic mass is 9.89. The quantitative estimate of drug-likeness (QED) is 0.308. The van der Waals surface area contributed by atoms with E-state index in [4.69, 9.17) is 5.10 Å². The van der Waals surface area contributed by atoms with Crippen LogP contribution in [0.15, 0.2) is 54.6 Å². The summed E-state index contributed by atoms with van der Waals surface area (Å²) in [7, 11) is 1.97. The van der Waals surface area contributed by atoms with E-state index in [1.54, 1.807) is 0 Å². The summed E-state index contributed by atoms with van der Waals surface area (Å²) in [4.78, 5) is 27.8. The molecule has 2 amide bonds. The highest BCUT2D eigenvalue weighted by Crippen LogP contribution is 2.30. The first-order chi connectivity index (χ1) is 19.0. The van der Waals surface area contributed by atoms with Crippen molar-refractivity contribution >= 4 is 28.5 Å². The highest BCUT2D eigenvalue weighted by atomic mass is 16.2. The molecule has 1 aliphatic rings. The van der Waals surface area contributed by atoms with Crippen LogP contribution in [0.25, 0.3) is 16.6 Å². The number of para-hydroxylation sites is 1. The third-order valence-electron chi connectivity index (χ3n) is 8.15. The lowest BCUT2D eigenvalue weighted by molar-refractivity contribution is -0.132. The second kappa shape index (κ2) is 11.0. The predicted molar refractivity (Wildman–Crippen MR) is 161 cm³/mol. The Morgan fingerprint density at radius 2 is 1.73 bits per heavy atom. The summed E-state index contributed by atoms with van der Waals surface area (Å²) in [6.45, 7) is 12.0. The van der Waals surface area contributed by atoms with Crippen molar-refractivity contribution in [3.63, 3.8) is 0 Å². The molecule has 0 aliphatic carbocycles. The smallest absolute Gasteiger partial charge is 0.273 e. The average Bonchev–Trinajstić information content (AvgIpc) is 3.51. The Hall–Kier alpha value is -3.87. The number of hydrogen-bond donors (Lipinski definition) is 1. The maximum absolute atomic E-state index is 13.7. The molecule has 4 aromatic rings. The first-order valence-electron chi connectivity index (χ1n) is 14.4. The Morgan fingerprint density at radius 1 is 1.02 bits per heavy atom. The van der Waals surface area contributed by atoms with E-state index in [2.05, 4.69) is 63.3 Å². The van der Waals surface area contributed by atoms with Crippen molar-refractivity contribution in [3.05, 3.63) is 77.1 Å². The number of aryl methyl sites for hydroxylation is 2. The summed E-state index contributed by atoms with van der Waals surface area (Å²) in [5, 5.41) is 9.09. The molecule has 2 aromatic carbocycles. The fourth-order valence-corrected chi connectivity index (χ4v) is 5.70. The van der Waals surface area contributed by atoms with E-state index >= 15 is 0 Å². The number of carbonyl (C=O) groups is 2. The van der Waals surface area contributed by atoms with Crippen molar-refractivity contribution in [3.8, 4) is 5.69 Å². The van der Waals surface area contributed by atoms with Gasteiger partial charge in [0.15, 0.2) is 0 Å². The Kier molecular flexibility index (Phi) is 7.58. The minimum absolute atomic E-state index is 0.162. The zero-order chi connectivity index (χ0) is 28.6. The number of carbonyl (C=O) groups excluding carboxylic acids is 2. The van der Waals surface area contributed by atoms with Crippen molar-refractivity contribution in [2.75, 3.05) is 18.4 Å². The van der Waals surface area contributed by atoms with Crippen LogP contribution in [0.2, 0.25) is 0 Å². The Morgan fingerprint density at radius 3 is 2.38 bits per heavy atom. The number of fused-ring (bicyclic) bond motifs is 1. The number of likely N-dealkylation sites (tertiary alicyclic amines) is 1. The van der Waals surface area contributed by atoms with Gasteiger partial charge in [-0.25, -0.2) is 4.68 Å². The molecule has 0 radical (unpaired) electrons. The Labute approximate surface area is 237 Å². The average molecular weight is 540 g/mol. The van der Waals surface area contributed by atoms with Crippen molar-refractivity contribution in [2.45, 2.75) is 65.7 Å². The van der Waals surface area contributed by atoms with Gasteiger partial charge in [0.25, 0.3) is 5.91 Å². The van der Waals surface area contributed by atoms with Crippen molar-refractivity contribution in [1.82, 2.24) is 19.2 Å². The largest absolute Gasteiger partial charge is 0.343 e. The molecule has 7 nitrogen and oxygen atoms in total. The van der Waals surface area contributed by atoms with Gasteiger partial charge in [-0.3, -0.25) is 9.59 Å². The molecule has 3 heterocycles. The second-order valence-corrected chi connectivity index (χ2v) is 12.2. The molecule has 1 fully saturated rings. The first kappa shape index (κ1) is 27.7. The number of nitrogens with zero attached hydrogens (tertiary/aromatic N) is 4. The third kappa shape index (κ3) is 5.55. The van der Waals surface area contributed by atoms with Crippen molar-refractivity contribution < 1.29 is 9.59 Å². The summed E-state index contributed by atoms with van der Waals surface area (Å²) in [5.41, 5.74) is 5.78. The second-order valence-electron chi connectivity index (χ2n) is 12.2. The molecule has 210 valence electrons. The highest BCUT2D eigenvalue weighted by Gasteiger charge is 2.25. The van der Waals surface area contributed by atoms with E-state index in [1.165, 1.54) is 11.1 Å². The minimum Gasteiger partial charge on any atom is -0.343 e. The lowest BCUT2D eigenvalue weighted by Gasteiger charge is -2.32. The molecule has 5 rings (SSSR count). The molecule has 0 bridgehead atoms. The summed E-state index contributed by atoms with van der Waals surface area (Å²) in [6.07, 6.45) is 3.54. The minimum atomic E-state index is -0.163. The fourth-order valence-electron chi connectivity index (χ4n) is 5.70. The van der Waals surface area contributed by atoms with Crippen molar-refractivity contribution in [1.29, 1.82) is 0 Å². The maximum Gasteiger partial charge on any atom is 0.273 e. The normalized spacial score (nSPS) is 14.6. The molecule has 1 saturated heterocycles. The number of hydrogen-bond acceptors (Lipinski definition) is 3. The number of amides is 2. The van der Waals surface area contributed by atoms with Gasteiger partial charge in [0.1, 0.15) is 11.5 Å². The van der Waals surface area contributed by atoms with Gasteiger partial charge in [0.2, 0.25) is 5.91 Å². The van der Waals surface area contributed by atoms with Gasteiger partial charge in [-0.2, -0.15) is 5.10 Å². The van der Waals surface area contributed by atoms with Crippen LogP contribution in [0, 0.1) is 12.8 Å². The van der Waals surface area contributed by atoms with E-state index in [1.807, 2.05) is 52.4 Å². The zero-order valence-electron chi connectivity index (χ0n) is 24.6. The molecular weight excluding hydrogens is 498 g/mol. The molecular formula is C33H41N5O2. The monoisotopic (exact) mass is 539 g/mol. The van der Waals surface area contributed by atoms with Crippen LogP contribution in [0.4, 0.5) is 5.82 Å². The van der Waals surface area contributed by atoms with Gasteiger partial charge in [0, 0.05) is 43.4 Å². The molecule has 1 aliphatic heterocycles. The summed E-state index contributed by atoms with van der Waals surface area (Å²) in [5.74, 6) is 1.26. The van der Waals surface area contributed by atoms with Gasteiger partial charge in [-0.15, -0.1) is 0 Å². The molecule has 0 saturated carbocycles. The number of piperidine rings is 1. The van der Waals surface area contributed by atoms with Crippen LogP contribution in [-0.2, 0) is 23.7 Å². The number of aromatic nitrogens is 3. The third-order valence-corrected chi connectivity index (χ3v) is 8.15. The zero-order valence-corrected chi connectivity index (χ0v) is 24.6. The Balaban J connectivity index is 1.41. The van der Waals surface area contributed by atoms with Crippen molar-refractivity contribution in [2.24, 2.45) is 13.0 Å². The Bertz CT molecular complexity index is 1530. The molecule has 0 unspecified atom stereocenters. The van der Waals surface area contributed by atoms with Crippen LogP contribution in [0.3, 0.4) is 0 Å². The summed E-state index contributed by atoms with van der Waals surface area (Å²) in [6, 6.07) is 18.4. The van der Waals surface area contributed by atoms with Gasteiger partial charge >= 0.3 is 0 Å². The molecule has 1 N–H and O–H groups in total. The maximum atomic E-state index is 13.7. The number of nitrogens with one attached hydrogen (secondary N) is 1. The molecule has 0 spiro atoms. The molecule has 7 heteroatoms. The van der Waals surface area contributed by atoms with Crippen LogP contribution >= 0.6 is 0 Å². The van der Waals surface area contributed by atoms with E-state index in [0.29, 0.717) is 23.9 Å². The van der Waals surface area contributed by atoms with Gasteiger partial charge in [-0.05, 0) is 55.9 Å². The number of anilines is 1. The number of benzene rings is 2. The van der Waals surface area contributed by atoms with Crippen LogP contribution in [0.5, 0.6) is 0 Å². The topological polar surface area (TPSA) is 72.2 Å². The fraction of sp³-hybridized carbons (Fsp3) is 0.424. The van der Waals surface area contributed by atoms with E-state index in [9.17, 15) is 9.59 Å². The SMILES string of the molecule is CCC(=O)N1CCC(Cc2cccc3cc(C(=O)Nc4cc(C(C)(C)C)nn4-c4ccc(C)cc4)n(C)c23)CC1. The standard InChI is InChI=1S/C33H41N5O2/c1-7-30(39)37-17-15-23(16-18-37)19-24-9-8-10-25-20-27(36(6)31(24)25)32(40)34-29-21-28(33(3,4)5)35-38(29)26-13-11-22(2)12-14-26/h8-14,20-21,23H,7,15-19H2,1-6H3,(H,34,40). The first-order valence-corrected chi connectivity index (χ1v) is 14.4. The molecule has 0 atom stereocenters. The van der Waals surface area contributed by atoms with Crippen LogP contribution in [-0.4, -0.2) is 44.2 Å². The molecule has 40 heavy (non-hydrogen) atoms. The van der Waals surface area contributed by atoms with Crippen LogP contribution in [0.1, 0.15) is 74.3 Å².